The van der Waals surface area contributed by atoms with E-state index in [2.05, 4.69) is 9.97 Å². The number of amides is 1. The molecule has 0 radical (unpaired) electrons. The molecule has 2 aromatic carbocycles. The quantitative estimate of drug-likeness (QED) is 0.447. The highest BCUT2D eigenvalue weighted by molar-refractivity contribution is 5.77. The number of hydrogen-bond donors (Lipinski definition) is 1. The number of nitrogens with two attached hydrogens (primary N) is 1. The van der Waals surface area contributed by atoms with E-state index in [0.29, 0.717) is 23.6 Å². The van der Waals surface area contributed by atoms with E-state index >= 15 is 0 Å². The van der Waals surface area contributed by atoms with E-state index in [4.69, 9.17) is 24.9 Å². The molecule has 0 aliphatic rings. The maximum absolute atomic E-state index is 11.4. The van der Waals surface area contributed by atoms with Crippen LogP contribution in [0.5, 0.6) is 17.5 Å². The molecule has 2 aromatic heterocycles. The Morgan fingerprint density at radius 3 is 2.27 bits per heavy atom. The number of hydrogen-bond acceptors (Lipinski definition) is 7. The third-order valence-corrected chi connectivity index (χ3v) is 4.86. The van der Waals surface area contributed by atoms with Crippen molar-refractivity contribution >= 4 is 6.09 Å². The van der Waals surface area contributed by atoms with Gasteiger partial charge in [-0.25, -0.2) is 19.7 Å². The zero-order valence-corrected chi connectivity index (χ0v) is 18.2. The molecule has 0 aliphatic heterocycles. The fraction of sp³-hybridized carbons (Fsp3) is 0.120. The molecule has 1 amide bonds. The van der Waals surface area contributed by atoms with Gasteiger partial charge in [-0.2, -0.15) is 0 Å². The summed E-state index contributed by atoms with van der Waals surface area (Å²) >= 11 is 0. The van der Waals surface area contributed by atoms with Crippen molar-refractivity contribution in [2.24, 2.45) is 5.73 Å². The number of methoxy groups -OCH3 is 1. The highest BCUT2D eigenvalue weighted by Gasteiger charge is 2.16. The fourth-order valence-corrected chi connectivity index (χ4v) is 3.25. The fourth-order valence-electron chi connectivity index (χ4n) is 3.25. The van der Waals surface area contributed by atoms with E-state index in [1.807, 2.05) is 61.5 Å². The average Bonchev–Trinajstić information content (AvgIpc) is 2.84. The van der Waals surface area contributed by atoms with Gasteiger partial charge in [0.2, 0.25) is 0 Å². The van der Waals surface area contributed by atoms with Gasteiger partial charge in [-0.1, -0.05) is 42.5 Å². The second kappa shape index (κ2) is 9.78. The van der Waals surface area contributed by atoms with Crippen molar-refractivity contribution in [3.63, 3.8) is 0 Å². The molecule has 0 aliphatic carbocycles. The zero-order valence-electron chi connectivity index (χ0n) is 18.2. The first-order chi connectivity index (χ1) is 16.0. The molecule has 8 heteroatoms. The van der Waals surface area contributed by atoms with E-state index in [1.54, 1.807) is 25.6 Å². The SMILES string of the molecule is COc1ccc(COc2ncc(-c3nc(-c4ccccc4)c(OC(N)=O)cc3C)cn2)cc1. The Morgan fingerprint density at radius 2 is 1.64 bits per heavy atom. The number of primary amides is 1. The Kier molecular flexibility index (Phi) is 6.45. The molecule has 2 N–H and O–H groups in total. The Balaban J connectivity index is 1.58. The van der Waals surface area contributed by atoms with Gasteiger partial charge in [0.05, 0.1) is 12.8 Å². The summed E-state index contributed by atoms with van der Waals surface area (Å²) in [7, 11) is 1.62. The molecular formula is C25H22N4O4. The number of pyridine rings is 1. The number of ether oxygens (including phenoxy) is 3. The predicted molar refractivity (Wildman–Crippen MR) is 123 cm³/mol. The van der Waals surface area contributed by atoms with Gasteiger partial charge in [0.15, 0.2) is 5.75 Å². The smallest absolute Gasteiger partial charge is 0.410 e. The Hall–Kier alpha value is -4.46. The van der Waals surface area contributed by atoms with E-state index in [-0.39, 0.29) is 11.8 Å². The first kappa shape index (κ1) is 21.8. The Bertz CT molecular complexity index is 1240. The lowest BCUT2D eigenvalue weighted by Gasteiger charge is -2.13. The van der Waals surface area contributed by atoms with Gasteiger partial charge in [-0.3, -0.25) is 0 Å². The van der Waals surface area contributed by atoms with Crippen LogP contribution >= 0.6 is 0 Å². The molecule has 4 aromatic rings. The monoisotopic (exact) mass is 442 g/mol. The summed E-state index contributed by atoms with van der Waals surface area (Å²) < 4.78 is 16.0. The number of carbonyl (C=O) groups is 1. The lowest BCUT2D eigenvalue weighted by molar-refractivity contribution is 0.211. The normalized spacial score (nSPS) is 10.5. The highest BCUT2D eigenvalue weighted by atomic mass is 16.5. The summed E-state index contributed by atoms with van der Waals surface area (Å²) in [5.41, 5.74) is 9.64. The van der Waals surface area contributed by atoms with Crippen LogP contribution in [0.4, 0.5) is 4.79 Å². The van der Waals surface area contributed by atoms with Crippen LogP contribution in [0.15, 0.2) is 73.1 Å². The maximum Gasteiger partial charge on any atom is 0.410 e. The number of nitrogens with zero attached hydrogens (tertiary/aromatic N) is 3. The first-order valence-electron chi connectivity index (χ1n) is 10.2. The minimum absolute atomic E-state index is 0.254. The van der Waals surface area contributed by atoms with Crippen molar-refractivity contribution in [3.8, 4) is 40.0 Å². The van der Waals surface area contributed by atoms with Crippen LogP contribution in [0.25, 0.3) is 22.5 Å². The maximum atomic E-state index is 11.4. The van der Waals surface area contributed by atoms with Gasteiger partial charge < -0.3 is 19.9 Å². The van der Waals surface area contributed by atoms with Gasteiger partial charge in [-0.05, 0) is 36.2 Å². The molecule has 0 saturated carbocycles. The lowest BCUT2D eigenvalue weighted by atomic mass is 10.1. The summed E-state index contributed by atoms with van der Waals surface area (Å²) in [5, 5.41) is 0. The Morgan fingerprint density at radius 1 is 0.939 bits per heavy atom. The number of rotatable bonds is 7. The van der Waals surface area contributed by atoms with Crippen LogP contribution in [0.1, 0.15) is 11.1 Å². The van der Waals surface area contributed by atoms with Gasteiger partial charge >= 0.3 is 12.1 Å². The van der Waals surface area contributed by atoms with Gasteiger partial charge in [0.25, 0.3) is 0 Å². The first-order valence-corrected chi connectivity index (χ1v) is 10.2. The van der Waals surface area contributed by atoms with Crippen molar-refractivity contribution in [2.45, 2.75) is 13.5 Å². The molecule has 33 heavy (non-hydrogen) atoms. The lowest BCUT2D eigenvalue weighted by Crippen LogP contribution is -2.17. The number of aryl methyl sites for hydroxylation is 1. The predicted octanol–water partition coefficient (Wildman–Crippen LogP) is 4.56. The molecule has 0 bridgehead atoms. The van der Waals surface area contributed by atoms with E-state index in [9.17, 15) is 4.79 Å². The highest BCUT2D eigenvalue weighted by Crippen LogP contribution is 2.33. The van der Waals surface area contributed by atoms with Crippen molar-refractivity contribution in [2.75, 3.05) is 7.11 Å². The number of carbonyl (C=O) groups excluding carboxylic acids is 1. The summed E-state index contributed by atoms with van der Waals surface area (Å²) in [6.45, 7) is 2.19. The molecule has 0 saturated heterocycles. The minimum atomic E-state index is -0.900. The van der Waals surface area contributed by atoms with Crippen LogP contribution in [0.2, 0.25) is 0 Å². The van der Waals surface area contributed by atoms with Crippen LogP contribution in [0.3, 0.4) is 0 Å². The molecule has 0 atom stereocenters. The second-order valence-corrected chi connectivity index (χ2v) is 7.18. The van der Waals surface area contributed by atoms with Crippen LogP contribution in [0, 0.1) is 6.92 Å². The molecule has 2 heterocycles. The van der Waals surface area contributed by atoms with Crippen molar-refractivity contribution in [3.05, 3.63) is 84.2 Å². The van der Waals surface area contributed by atoms with E-state index < -0.39 is 6.09 Å². The Labute approximate surface area is 191 Å². The summed E-state index contributed by atoms with van der Waals surface area (Å²) in [4.78, 5) is 24.8. The average molecular weight is 442 g/mol. The third-order valence-electron chi connectivity index (χ3n) is 4.86. The molecule has 0 unspecified atom stereocenters. The molecule has 0 fully saturated rings. The standard InChI is InChI=1S/C25H22N4O4/c1-16-12-21(33-24(26)30)23(18-6-4-3-5-7-18)29-22(16)19-13-27-25(28-14-19)32-15-17-8-10-20(31-2)11-9-17/h3-14H,15H2,1-2H3,(H2,26,30). The molecule has 8 nitrogen and oxygen atoms in total. The molecule has 0 spiro atoms. The van der Waals surface area contributed by atoms with Crippen molar-refractivity contribution in [1.82, 2.24) is 15.0 Å². The van der Waals surface area contributed by atoms with E-state index in [0.717, 1.165) is 22.4 Å². The topological polar surface area (TPSA) is 109 Å². The molecule has 166 valence electrons. The molecular weight excluding hydrogens is 420 g/mol. The van der Waals surface area contributed by atoms with Crippen LogP contribution in [-0.4, -0.2) is 28.2 Å². The second-order valence-electron chi connectivity index (χ2n) is 7.18. The van der Waals surface area contributed by atoms with Gasteiger partial charge in [0.1, 0.15) is 18.1 Å². The van der Waals surface area contributed by atoms with Crippen LogP contribution < -0.4 is 19.9 Å². The van der Waals surface area contributed by atoms with Crippen LogP contribution in [-0.2, 0) is 6.61 Å². The zero-order chi connectivity index (χ0) is 23.2. The number of benzene rings is 2. The summed E-state index contributed by atoms with van der Waals surface area (Å²) in [6, 6.07) is 19.0. The van der Waals surface area contributed by atoms with Crippen molar-refractivity contribution < 1.29 is 19.0 Å². The van der Waals surface area contributed by atoms with Crippen molar-refractivity contribution in [1.29, 1.82) is 0 Å². The third kappa shape index (κ3) is 5.24. The molecule has 4 rings (SSSR count). The number of aromatic nitrogens is 3. The summed E-state index contributed by atoms with van der Waals surface area (Å²) in [6.07, 6.45) is 2.40. The van der Waals surface area contributed by atoms with E-state index in [1.165, 1.54) is 0 Å². The minimum Gasteiger partial charge on any atom is -0.497 e. The summed E-state index contributed by atoms with van der Waals surface area (Å²) in [5.74, 6) is 1.07. The van der Waals surface area contributed by atoms with Gasteiger partial charge in [-0.15, -0.1) is 0 Å². The largest absolute Gasteiger partial charge is 0.497 e. The van der Waals surface area contributed by atoms with Gasteiger partial charge in [0, 0.05) is 23.5 Å².